The lowest BCUT2D eigenvalue weighted by Gasteiger charge is -2.57. The number of likely N-dealkylation sites (tertiary alicyclic amines) is 2. The van der Waals surface area contributed by atoms with Crippen molar-refractivity contribution in [2.24, 2.45) is 0 Å². The number of hydrogen-bond donors (Lipinski definition) is 1. The summed E-state index contributed by atoms with van der Waals surface area (Å²) in [5.41, 5.74) is 1.83. The van der Waals surface area contributed by atoms with Crippen molar-refractivity contribution >= 4 is 11.9 Å². The van der Waals surface area contributed by atoms with Crippen LogP contribution in [0.4, 0.5) is 17.6 Å². The van der Waals surface area contributed by atoms with Gasteiger partial charge in [0.25, 0.3) is 5.91 Å². The Labute approximate surface area is 183 Å². The van der Waals surface area contributed by atoms with Crippen LogP contribution in [0, 0.1) is 5.82 Å². The molecule has 2 heterocycles. The molecular formula is C23H24F4N2O3. The largest absolute Gasteiger partial charge is 0.490 e. The van der Waals surface area contributed by atoms with Crippen LogP contribution in [0.2, 0.25) is 0 Å². The van der Waals surface area contributed by atoms with Gasteiger partial charge < -0.3 is 10.0 Å². The van der Waals surface area contributed by atoms with Crippen LogP contribution in [0.5, 0.6) is 0 Å². The molecule has 1 unspecified atom stereocenters. The Kier molecular flexibility index (Phi) is 7.18. The second-order valence-electron chi connectivity index (χ2n) is 8.03. The molecule has 2 aliphatic rings. The molecule has 172 valence electrons. The summed E-state index contributed by atoms with van der Waals surface area (Å²) >= 11 is 0. The van der Waals surface area contributed by atoms with Gasteiger partial charge in [-0.05, 0) is 49.1 Å². The third-order valence-corrected chi connectivity index (χ3v) is 5.89. The Morgan fingerprint density at radius 1 is 1.00 bits per heavy atom. The van der Waals surface area contributed by atoms with Gasteiger partial charge in [0.1, 0.15) is 5.82 Å². The van der Waals surface area contributed by atoms with Crippen LogP contribution in [0.3, 0.4) is 0 Å². The van der Waals surface area contributed by atoms with Crippen molar-refractivity contribution < 1.29 is 32.3 Å². The summed E-state index contributed by atoms with van der Waals surface area (Å²) in [5.74, 6) is -2.82. The van der Waals surface area contributed by atoms with E-state index < -0.39 is 12.1 Å². The minimum atomic E-state index is -5.08. The highest BCUT2D eigenvalue weighted by atomic mass is 19.4. The van der Waals surface area contributed by atoms with Crippen LogP contribution in [0.25, 0.3) is 0 Å². The molecule has 2 aromatic rings. The number of rotatable bonds is 3. The van der Waals surface area contributed by atoms with E-state index in [2.05, 4.69) is 4.90 Å². The Morgan fingerprint density at radius 3 is 2.25 bits per heavy atom. The van der Waals surface area contributed by atoms with Gasteiger partial charge in [-0.15, -0.1) is 0 Å². The molecule has 9 heteroatoms. The lowest BCUT2D eigenvalue weighted by Crippen LogP contribution is -2.66. The molecule has 0 bridgehead atoms. The molecule has 2 saturated heterocycles. The van der Waals surface area contributed by atoms with E-state index in [1.54, 1.807) is 12.1 Å². The zero-order valence-electron chi connectivity index (χ0n) is 17.3. The molecular weight excluding hydrogens is 428 g/mol. The number of carbonyl (C=O) groups is 2. The number of amides is 1. The molecule has 2 aliphatic heterocycles. The summed E-state index contributed by atoms with van der Waals surface area (Å²) in [5, 5.41) is 7.12. The van der Waals surface area contributed by atoms with Crippen LogP contribution in [-0.2, 0) is 11.3 Å². The number of aliphatic carboxylic acids is 1. The first-order chi connectivity index (χ1) is 15.1. The SMILES string of the molecule is O=C(O)C(F)(F)F.O=C(c1ccccc1)N1CCCC2(CCN2Cc2cccc(F)c2)C1. The molecule has 0 radical (unpaired) electrons. The second-order valence-corrected chi connectivity index (χ2v) is 8.03. The highest BCUT2D eigenvalue weighted by Crippen LogP contribution is 2.40. The molecule has 0 aliphatic carbocycles. The quantitative estimate of drug-likeness (QED) is 0.704. The van der Waals surface area contributed by atoms with E-state index in [0.717, 1.165) is 56.6 Å². The summed E-state index contributed by atoms with van der Waals surface area (Å²) < 4.78 is 45.2. The molecule has 1 amide bonds. The van der Waals surface area contributed by atoms with Gasteiger partial charge in [-0.25, -0.2) is 9.18 Å². The molecule has 0 saturated carbocycles. The molecule has 1 atom stereocenters. The van der Waals surface area contributed by atoms with Gasteiger partial charge in [-0.2, -0.15) is 13.2 Å². The van der Waals surface area contributed by atoms with Crippen LogP contribution in [0.15, 0.2) is 54.6 Å². The second kappa shape index (κ2) is 9.68. The predicted octanol–water partition coefficient (Wildman–Crippen LogP) is 4.34. The maximum atomic E-state index is 13.5. The number of carboxylic acids is 1. The van der Waals surface area contributed by atoms with E-state index in [1.165, 1.54) is 6.07 Å². The van der Waals surface area contributed by atoms with Crippen molar-refractivity contribution in [3.8, 4) is 0 Å². The molecule has 32 heavy (non-hydrogen) atoms. The summed E-state index contributed by atoms with van der Waals surface area (Å²) in [7, 11) is 0. The average molecular weight is 452 g/mol. The minimum Gasteiger partial charge on any atom is -0.475 e. The van der Waals surface area contributed by atoms with Gasteiger partial charge in [0.05, 0.1) is 0 Å². The number of benzene rings is 2. The third-order valence-electron chi connectivity index (χ3n) is 5.89. The van der Waals surface area contributed by atoms with Gasteiger partial charge in [-0.3, -0.25) is 9.69 Å². The van der Waals surface area contributed by atoms with Crippen molar-refractivity contribution in [1.82, 2.24) is 9.80 Å². The van der Waals surface area contributed by atoms with Gasteiger partial charge in [0.2, 0.25) is 0 Å². The van der Waals surface area contributed by atoms with Crippen molar-refractivity contribution in [2.75, 3.05) is 19.6 Å². The normalized spacial score (nSPS) is 20.8. The molecule has 2 fully saturated rings. The predicted molar refractivity (Wildman–Crippen MR) is 109 cm³/mol. The highest BCUT2D eigenvalue weighted by molar-refractivity contribution is 5.94. The Balaban J connectivity index is 0.000000360. The molecule has 0 aromatic heterocycles. The number of hydrogen-bond acceptors (Lipinski definition) is 3. The zero-order valence-corrected chi connectivity index (χ0v) is 17.3. The summed E-state index contributed by atoms with van der Waals surface area (Å²) in [6.07, 6.45) is -1.83. The van der Waals surface area contributed by atoms with Crippen LogP contribution < -0.4 is 0 Å². The lowest BCUT2D eigenvalue weighted by molar-refractivity contribution is -0.192. The first kappa shape index (κ1) is 23.7. The van der Waals surface area contributed by atoms with E-state index in [9.17, 15) is 22.4 Å². The lowest BCUT2D eigenvalue weighted by atomic mass is 9.77. The number of alkyl halides is 3. The summed E-state index contributed by atoms with van der Waals surface area (Å²) in [4.78, 5) is 26.1. The van der Waals surface area contributed by atoms with Gasteiger partial charge in [-0.1, -0.05) is 30.3 Å². The monoisotopic (exact) mass is 452 g/mol. The number of carbonyl (C=O) groups excluding carboxylic acids is 1. The van der Waals surface area contributed by atoms with Crippen molar-refractivity contribution in [3.63, 3.8) is 0 Å². The summed E-state index contributed by atoms with van der Waals surface area (Å²) in [6, 6.07) is 16.4. The molecule has 1 spiro atoms. The average Bonchev–Trinajstić information content (AvgIpc) is 2.77. The first-order valence-electron chi connectivity index (χ1n) is 10.2. The van der Waals surface area contributed by atoms with Gasteiger partial charge in [0, 0.05) is 37.3 Å². The fourth-order valence-corrected chi connectivity index (χ4v) is 4.20. The highest BCUT2D eigenvalue weighted by Gasteiger charge is 2.47. The minimum absolute atomic E-state index is 0.0645. The number of halogens is 4. The maximum absolute atomic E-state index is 13.5. The van der Waals surface area contributed by atoms with Crippen LogP contribution in [-0.4, -0.2) is 58.1 Å². The van der Waals surface area contributed by atoms with E-state index in [-0.39, 0.29) is 17.3 Å². The number of nitrogens with zero attached hydrogens (tertiary/aromatic N) is 2. The van der Waals surface area contributed by atoms with E-state index in [4.69, 9.17) is 9.90 Å². The number of piperidine rings is 1. The van der Waals surface area contributed by atoms with Crippen molar-refractivity contribution in [1.29, 1.82) is 0 Å². The first-order valence-corrected chi connectivity index (χ1v) is 10.2. The van der Waals surface area contributed by atoms with Gasteiger partial charge in [0.15, 0.2) is 0 Å². The summed E-state index contributed by atoms with van der Waals surface area (Å²) in [6.45, 7) is 3.37. The molecule has 5 nitrogen and oxygen atoms in total. The smallest absolute Gasteiger partial charge is 0.475 e. The van der Waals surface area contributed by atoms with Crippen LogP contribution >= 0.6 is 0 Å². The zero-order chi connectivity index (χ0) is 23.4. The topological polar surface area (TPSA) is 60.9 Å². The molecule has 1 N–H and O–H groups in total. The van der Waals surface area contributed by atoms with Gasteiger partial charge >= 0.3 is 12.1 Å². The maximum Gasteiger partial charge on any atom is 0.490 e. The molecule has 2 aromatic carbocycles. The fraction of sp³-hybridized carbons (Fsp3) is 0.391. The molecule has 4 rings (SSSR count). The van der Waals surface area contributed by atoms with E-state index >= 15 is 0 Å². The third kappa shape index (κ3) is 5.64. The fourth-order valence-electron chi connectivity index (χ4n) is 4.20. The van der Waals surface area contributed by atoms with Crippen molar-refractivity contribution in [2.45, 2.75) is 37.5 Å². The van der Waals surface area contributed by atoms with E-state index in [1.807, 2.05) is 41.3 Å². The standard InChI is InChI=1S/C21H23FN2O.C2HF3O2/c22-19-9-4-6-17(14-19)15-24-13-11-21(24)10-5-12-23(16-21)20(25)18-7-2-1-3-8-18;3-2(4,5)1(6)7/h1-4,6-9,14H,5,10-13,15-16H2;(H,6,7). The Bertz CT molecular complexity index is 952. The van der Waals surface area contributed by atoms with Crippen molar-refractivity contribution in [3.05, 3.63) is 71.5 Å². The Morgan fingerprint density at radius 2 is 1.69 bits per heavy atom. The van der Waals surface area contributed by atoms with Crippen LogP contribution in [0.1, 0.15) is 35.2 Å². The Hall–Kier alpha value is -2.94. The number of carboxylic acid groups (broad SMARTS) is 1. The van der Waals surface area contributed by atoms with E-state index in [0.29, 0.717) is 0 Å².